The Bertz CT molecular complexity index is 526. The summed E-state index contributed by atoms with van der Waals surface area (Å²) in [7, 11) is -2.98. The van der Waals surface area contributed by atoms with Gasteiger partial charge < -0.3 is 10.1 Å². The molecule has 1 aromatic rings. The van der Waals surface area contributed by atoms with Crippen molar-refractivity contribution in [3.63, 3.8) is 0 Å². The van der Waals surface area contributed by atoms with Gasteiger partial charge in [-0.25, -0.2) is 8.42 Å². The Kier molecular flexibility index (Phi) is 6.49. The summed E-state index contributed by atoms with van der Waals surface area (Å²) in [6, 6.07) is 6.15. The lowest BCUT2D eigenvalue weighted by molar-refractivity contribution is 0.333. The maximum absolute atomic E-state index is 11.5. The van der Waals surface area contributed by atoms with E-state index in [2.05, 4.69) is 25.2 Å². The fraction of sp³-hybridized carbons (Fsp3) is 0.600. The molecule has 5 heteroatoms. The molecule has 0 saturated carbocycles. The zero-order valence-electron chi connectivity index (χ0n) is 12.8. The molecule has 0 spiro atoms. The van der Waals surface area contributed by atoms with Crippen molar-refractivity contribution in [3.8, 4) is 5.75 Å². The van der Waals surface area contributed by atoms with Crippen LogP contribution in [0, 0.1) is 6.92 Å². The van der Waals surface area contributed by atoms with Gasteiger partial charge in [0.1, 0.15) is 12.4 Å². The first-order valence-electron chi connectivity index (χ1n) is 7.06. The lowest BCUT2D eigenvalue weighted by atomic mass is 10.0. The van der Waals surface area contributed by atoms with Gasteiger partial charge in [0, 0.05) is 17.4 Å². The average Bonchev–Trinajstić information content (AvgIpc) is 2.40. The Labute approximate surface area is 122 Å². The molecule has 1 unspecified atom stereocenters. The second kappa shape index (κ2) is 7.64. The summed E-state index contributed by atoms with van der Waals surface area (Å²) in [4.78, 5) is 0. The summed E-state index contributed by atoms with van der Waals surface area (Å²) >= 11 is 0. The predicted molar refractivity (Wildman–Crippen MR) is 83.1 cm³/mol. The summed E-state index contributed by atoms with van der Waals surface area (Å²) < 4.78 is 28.6. The van der Waals surface area contributed by atoms with Gasteiger partial charge in [-0.1, -0.05) is 31.5 Å². The molecule has 0 radical (unpaired) electrons. The third-order valence-corrected chi connectivity index (χ3v) is 4.90. The minimum atomic E-state index is -2.98. The molecular formula is C15H25NO3S. The van der Waals surface area contributed by atoms with Crippen LogP contribution < -0.4 is 10.1 Å². The van der Waals surface area contributed by atoms with Gasteiger partial charge in [0.05, 0.1) is 5.75 Å². The molecule has 20 heavy (non-hydrogen) atoms. The van der Waals surface area contributed by atoms with Crippen LogP contribution in [0.1, 0.15) is 37.9 Å². The third-order valence-electron chi connectivity index (χ3n) is 3.23. The van der Waals surface area contributed by atoms with E-state index in [1.165, 1.54) is 5.56 Å². The van der Waals surface area contributed by atoms with Gasteiger partial charge in [0.25, 0.3) is 0 Å². The van der Waals surface area contributed by atoms with Gasteiger partial charge in [-0.05, 0) is 26.5 Å². The number of hydrogen-bond donors (Lipinski definition) is 1. The van der Waals surface area contributed by atoms with Crippen LogP contribution in [0.3, 0.4) is 0 Å². The first kappa shape index (κ1) is 17.0. The van der Waals surface area contributed by atoms with E-state index in [4.69, 9.17) is 4.74 Å². The van der Waals surface area contributed by atoms with Crippen LogP contribution in [0.2, 0.25) is 0 Å². The van der Waals surface area contributed by atoms with Crippen molar-refractivity contribution >= 4 is 9.84 Å². The lowest BCUT2D eigenvalue weighted by Gasteiger charge is -2.18. The molecule has 0 fully saturated rings. The highest BCUT2D eigenvalue weighted by Crippen LogP contribution is 2.26. The van der Waals surface area contributed by atoms with Crippen molar-refractivity contribution in [1.82, 2.24) is 5.32 Å². The molecule has 1 aromatic carbocycles. The highest BCUT2D eigenvalue weighted by molar-refractivity contribution is 7.91. The SMILES string of the molecule is CCNC(C)c1cc(C)ccc1OCCS(=O)(=O)CC. The van der Waals surface area contributed by atoms with Crippen molar-refractivity contribution in [2.45, 2.75) is 33.7 Å². The van der Waals surface area contributed by atoms with Crippen molar-refractivity contribution in [1.29, 1.82) is 0 Å². The van der Waals surface area contributed by atoms with Gasteiger partial charge in [-0.2, -0.15) is 0 Å². The van der Waals surface area contributed by atoms with E-state index in [9.17, 15) is 8.42 Å². The van der Waals surface area contributed by atoms with Crippen LogP contribution in [0.4, 0.5) is 0 Å². The monoisotopic (exact) mass is 299 g/mol. The fourth-order valence-electron chi connectivity index (χ4n) is 1.98. The number of ether oxygens (including phenoxy) is 1. The summed E-state index contributed by atoms with van der Waals surface area (Å²) in [6.45, 7) is 8.89. The number of hydrogen-bond acceptors (Lipinski definition) is 4. The average molecular weight is 299 g/mol. The molecule has 1 N–H and O–H groups in total. The van der Waals surface area contributed by atoms with Crippen LogP contribution in [-0.4, -0.2) is 33.1 Å². The van der Waals surface area contributed by atoms with Gasteiger partial charge in [-0.15, -0.1) is 0 Å². The van der Waals surface area contributed by atoms with E-state index in [1.807, 2.05) is 19.1 Å². The smallest absolute Gasteiger partial charge is 0.153 e. The van der Waals surface area contributed by atoms with E-state index < -0.39 is 9.84 Å². The number of aryl methyl sites for hydroxylation is 1. The van der Waals surface area contributed by atoms with E-state index >= 15 is 0 Å². The fourth-order valence-corrected chi connectivity index (χ4v) is 2.60. The van der Waals surface area contributed by atoms with Crippen LogP contribution >= 0.6 is 0 Å². The molecule has 0 amide bonds. The van der Waals surface area contributed by atoms with E-state index in [0.29, 0.717) is 0 Å². The van der Waals surface area contributed by atoms with Crippen LogP contribution in [-0.2, 0) is 9.84 Å². The van der Waals surface area contributed by atoms with Crippen molar-refractivity contribution in [2.75, 3.05) is 24.7 Å². The Balaban J connectivity index is 2.79. The maximum atomic E-state index is 11.5. The van der Waals surface area contributed by atoms with E-state index in [-0.39, 0.29) is 24.2 Å². The Morgan fingerprint density at radius 2 is 2.00 bits per heavy atom. The Morgan fingerprint density at radius 3 is 2.60 bits per heavy atom. The number of benzene rings is 1. The Hall–Kier alpha value is -1.07. The molecule has 1 rings (SSSR count). The molecule has 0 aliphatic carbocycles. The van der Waals surface area contributed by atoms with Crippen molar-refractivity contribution < 1.29 is 13.2 Å². The number of rotatable bonds is 8. The first-order chi connectivity index (χ1) is 9.39. The second-order valence-corrected chi connectivity index (χ2v) is 7.38. The van der Waals surface area contributed by atoms with E-state index in [0.717, 1.165) is 17.9 Å². The minimum Gasteiger partial charge on any atom is -0.492 e. The highest BCUT2D eigenvalue weighted by Gasteiger charge is 2.13. The number of sulfone groups is 1. The van der Waals surface area contributed by atoms with Crippen LogP contribution in [0.5, 0.6) is 5.75 Å². The molecule has 0 aliphatic rings. The molecule has 0 heterocycles. The molecule has 0 aliphatic heterocycles. The molecule has 4 nitrogen and oxygen atoms in total. The highest BCUT2D eigenvalue weighted by atomic mass is 32.2. The lowest BCUT2D eigenvalue weighted by Crippen LogP contribution is -2.20. The zero-order chi connectivity index (χ0) is 15.2. The zero-order valence-corrected chi connectivity index (χ0v) is 13.6. The van der Waals surface area contributed by atoms with Gasteiger partial charge in [-0.3, -0.25) is 0 Å². The standard InChI is InChI=1S/C15H25NO3S/c1-5-16-13(4)14-11-12(3)7-8-15(14)19-9-10-20(17,18)6-2/h7-8,11,13,16H,5-6,9-10H2,1-4H3. The van der Waals surface area contributed by atoms with Crippen LogP contribution in [0.25, 0.3) is 0 Å². The third kappa shape index (κ3) is 5.13. The molecule has 0 bridgehead atoms. The quantitative estimate of drug-likeness (QED) is 0.801. The molecular weight excluding hydrogens is 274 g/mol. The maximum Gasteiger partial charge on any atom is 0.153 e. The first-order valence-corrected chi connectivity index (χ1v) is 8.89. The Morgan fingerprint density at radius 1 is 1.30 bits per heavy atom. The largest absolute Gasteiger partial charge is 0.492 e. The van der Waals surface area contributed by atoms with Gasteiger partial charge in [0.15, 0.2) is 9.84 Å². The summed E-state index contributed by atoms with van der Waals surface area (Å²) in [5.41, 5.74) is 2.24. The van der Waals surface area contributed by atoms with Gasteiger partial charge >= 0.3 is 0 Å². The topological polar surface area (TPSA) is 55.4 Å². The summed E-state index contributed by atoms with van der Waals surface area (Å²) in [5.74, 6) is 0.979. The van der Waals surface area contributed by atoms with E-state index in [1.54, 1.807) is 6.92 Å². The number of nitrogens with one attached hydrogen (secondary N) is 1. The second-order valence-electron chi connectivity index (χ2n) is 4.91. The van der Waals surface area contributed by atoms with Gasteiger partial charge in [0.2, 0.25) is 0 Å². The van der Waals surface area contributed by atoms with Crippen molar-refractivity contribution in [3.05, 3.63) is 29.3 Å². The summed E-state index contributed by atoms with van der Waals surface area (Å²) in [5, 5.41) is 3.35. The van der Waals surface area contributed by atoms with Crippen LogP contribution in [0.15, 0.2) is 18.2 Å². The minimum absolute atomic E-state index is 0.0619. The van der Waals surface area contributed by atoms with Crippen molar-refractivity contribution in [2.24, 2.45) is 0 Å². The molecule has 1 atom stereocenters. The molecule has 0 aromatic heterocycles. The molecule has 0 saturated heterocycles. The predicted octanol–water partition coefficient (Wildman–Crippen LogP) is 2.48. The molecule has 114 valence electrons. The summed E-state index contributed by atoms with van der Waals surface area (Å²) in [6.07, 6.45) is 0. The normalized spacial score (nSPS) is 13.2.